The van der Waals surface area contributed by atoms with Gasteiger partial charge in [0.15, 0.2) is 0 Å². The van der Waals surface area contributed by atoms with Gasteiger partial charge in [0.1, 0.15) is 11.6 Å². The minimum Gasteiger partial charge on any atom is -0.355 e. The van der Waals surface area contributed by atoms with Crippen LogP contribution in [0.3, 0.4) is 0 Å². The maximum atomic E-state index is 9.34. The van der Waals surface area contributed by atoms with Gasteiger partial charge in [-0.3, -0.25) is 0 Å². The Kier molecular flexibility index (Phi) is 4.41. The van der Waals surface area contributed by atoms with Crippen molar-refractivity contribution in [1.82, 2.24) is 14.9 Å². The maximum Gasteiger partial charge on any atom is 0.135 e. The summed E-state index contributed by atoms with van der Waals surface area (Å²) in [6, 6.07) is 2.47. The Bertz CT molecular complexity index is 646. The molecule has 3 heterocycles. The van der Waals surface area contributed by atoms with Gasteiger partial charge in [0.2, 0.25) is 0 Å². The van der Waals surface area contributed by atoms with Crippen molar-refractivity contribution in [2.24, 2.45) is 11.8 Å². The summed E-state index contributed by atoms with van der Waals surface area (Å²) < 4.78 is 0. The first-order valence-corrected chi connectivity index (χ1v) is 9.44. The summed E-state index contributed by atoms with van der Waals surface area (Å²) >= 11 is 0. The van der Waals surface area contributed by atoms with Gasteiger partial charge in [-0.2, -0.15) is 5.26 Å². The standard InChI is InChI=1S/C19H27N5/c1-23-9-6-16-17(7-10-23)21-18(11-14-4-5-14)22-19(16)24-8-2-3-15(12-20)13-24/h14-15H,2-11,13H2,1H3. The molecule has 0 N–H and O–H groups in total. The van der Waals surface area contributed by atoms with Crippen LogP contribution < -0.4 is 4.90 Å². The lowest BCUT2D eigenvalue weighted by molar-refractivity contribution is 0.352. The van der Waals surface area contributed by atoms with Crippen molar-refractivity contribution in [3.05, 3.63) is 17.1 Å². The first-order valence-electron chi connectivity index (χ1n) is 9.44. The summed E-state index contributed by atoms with van der Waals surface area (Å²) in [5.74, 6) is 3.13. The topological polar surface area (TPSA) is 56.1 Å². The zero-order chi connectivity index (χ0) is 16.5. The van der Waals surface area contributed by atoms with Crippen LogP contribution in [0.2, 0.25) is 0 Å². The number of anilines is 1. The summed E-state index contributed by atoms with van der Waals surface area (Å²) in [6.07, 6.45) is 7.86. The van der Waals surface area contributed by atoms with E-state index in [2.05, 4.69) is 22.9 Å². The molecule has 24 heavy (non-hydrogen) atoms. The highest BCUT2D eigenvalue weighted by Crippen LogP contribution is 2.34. The Hall–Kier alpha value is -1.67. The van der Waals surface area contributed by atoms with E-state index in [4.69, 9.17) is 9.97 Å². The predicted octanol–water partition coefficient (Wildman–Crippen LogP) is 2.20. The summed E-state index contributed by atoms with van der Waals surface area (Å²) in [4.78, 5) is 14.7. The van der Waals surface area contributed by atoms with Crippen molar-refractivity contribution in [1.29, 1.82) is 5.26 Å². The second kappa shape index (κ2) is 6.68. The van der Waals surface area contributed by atoms with Gasteiger partial charge in [-0.15, -0.1) is 0 Å². The average molecular weight is 325 g/mol. The van der Waals surface area contributed by atoms with Crippen LogP contribution in [0, 0.1) is 23.2 Å². The summed E-state index contributed by atoms with van der Waals surface area (Å²) in [5.41, 5.74) is 2.61. The van der Waals surface area contributed by atoms with Gasteiger partial charge < -0.3 is 9.80 Å². The SMILES string of the molecule is CN1CCc2nc(CC3CC3)nc(N3CCCC(C#N)C3)c2CC1. The van der Waals surface area contributed by atoms with E-state index >= 15 is 0 Å². The summed E-state index contributed by atoms with van der Waals surface area (Å²) in [5, 5.41) is 9.34. The van der Waals surface area contributed by atoms with Crippen LogP contribution in [-0.4, -0.2) is 48.1 Å². The number of hydrogen-bond acceptors (Lipinski definition) is 5. The van der Waals surface area contributed by atoms with Crippen LogP contribution in [0.15, 0.2) is 0 Å². The number of rotatable bonds is 3. The van der Waals surface area contributed by atoms with Crippen molar-refractivity contribution < 1.29 is 0 Å². The maximum absolute atomic E-state index is 9.34. The number of piperidine rings is 1. The highest BCUT2D eigenvalue weighted by Gasteiger charge is 2.28. The van der Waals surface area contributed by atoms with E-state index in [0.717, 1.165) is 75.8 Å². The first kappa shape index (κ1) is 15.8. The normalized spacial score (nSPS) is 25.0. The highest BCUT2D eigenvalue weighted by atomic mass is 15.2. The largest absolute Gasteiger partial charge is 0.355 e. The lowest BCUT2D eigenvalue weighted by atomic mass is 9.98. The molecule has 3 aliphatic rings. The monoisotopic (exact) mass is 325 g/mol. The molecule has 0 amide bonds. The van der Waals surface area contributed by atoms with Crippen molar-refractivity contribution in [3.63, 3.8) is 0 Å². The van der Waals surface area contributed by atoms with E-state index in [9.17, 15) is 5.26 Å². The molecular weight excluding hydrogens is 298 g/mol. The first-order chi connectivity index (χ1) is 11.7. The minimum atomic E-state index is 0.143. The Morgan fingerprint density at radius 3 is 2.75 bits per heavy atom. The number of nitriles is 1. The zero-order valence-electron chi connectivity index (χ0n) is 14.7. The minimum absolute atomic E-state index is 0.143. The number of nitrogens with zero attached hydrogens (tertiary/aromatic N) is 5. The van der Waals surface area contributed by atoms with Gasteiger partial charge in [0.25, 0.3) is 0 Å². The third kappa shape index (κ3) is 3.39. The van der Waals surface area contributed by atoms with Gasteiger partial charge in [-0.1, -0.05) is 0 Å². The van der Waals surface area contributed by atoms with Gasteiger partial charge in [0, 0.05) is 44.6 Å². The fraction of sp³-hybridized carbons (Fsp3) is 0.737. The number of fused-ring (bicyclic) bond motifs is 1. The Morgan fingerprint density at radius 2 is 1.96 bits per heavy atom. The number of hydrogen-bond donors (Lipinski definition) is 0. The molecule has 128 valence electrons. The molecule has 4 rings (SSSR count). The van der Waals surface area contributed by atoms with Gasteiger partial charge in [0.05, 0.1) is 17.7 Å². The second-order valence-corrected chi connectivity index (χ2v) is 7.75. The molecule has 1 aromatic rings. The van der Waals surface area contributed by atoms with Crippen molar-refractivity contribution in [2.75, 3.05) is 38.1 Å². The average Bonchev–Trinajstić information content (AvgIpc) is 3.43. The van der Waals surface area contributed by atoms with Crippen LogP contribution in [0.5, 0.6) is 0 Å². The molecule has 2 aliphatic heterocycles. The Labute approximate surface area is 144 Å². The van der Waals surface area contributed by atoms with Crippen molar-refractivity contribution >= 4 is 5.82 Å². The van der Waals surface area contributed by atoms with Crippen molar-refractivity contribution in [3.8, 4) is 6.07 Å². The van der Waals surface area contributed by atoms with Crippen LogP contribution in [0.4, 0.5) is 5.82 Å². The van der Waals surface area contributed by atoms with Crippen LogP contribution >= 0.6 is 0 Å². The molecule has 1 aliphatic carbocycles. The molecule has 0 aromatic carbocycles. The molecule has 0 bridgehead atoms. The van der Waals surface area contributed by atoms with E-state index in [1.165, 1.54) is 24.1 Å². The highest BCUT2D eigenvalue weighted by molar-refractivity contribution is 5.51. The van der Waals surface area contributed by atoms with Crippen LogP contribution in [-0.2, 0) is 19.3 Å². The molecule has 1 saturated carbocycles. The zero-order valence-corrected chi connectivity index (χ0v) is 14.7. The molecule has 1 aromatic heterocycles. The third-order valence-corrected chi connectivity index (χ3v) is 5.66. The van der Waals surface area contributed by atoms with Gasteiger partial charge in [-0.05, 0) is 45.1 Å². The van der Waals surface area contributed by atoms with Gasteiger partial charge in [-0.25, -0.2) is 9.97 Å². The molecule has 5 nitrogen and oxygen atoms in total. The molecular formula is C19H27N5. The lowest BCUT2D eigenvalue weighted by Crippen LogP contribution is -2.36. The smallest absolute Gasteiger partial charge is 0.135 e. The van der Waals surface area contributed by atoms with Crippen LogP contribution in [0.1, 0.15) is 42.8 Å². The molecule has 5 heteroatoms. The van der Waals surface area contributed by atoms with Crippen molar-refractivity contribution in [2.45, 2.75) is 44.9 Å². The Balaban J connectivity index is 1.68. The Morgan fingerprint density at radius 1 is 1.12 bits per heavy atom. The van der Waals surface area contributed by atoms with Gasteiger partial charge >= 0.3 is 0 Å². The molecule has 1 saturated heterocycles. The molecule has 0 radical (unpaired) electrons. The predicted molar refractivity (Wildman–Crippen MR) is 93.9 cm³/mol. The second-order valence-electron chi connectivity index (χ2n) is 7.75. The fourth-order valence-corrected chi connectivity index (χ4v) is 3.95. The van der Waals surface area contributed by atoms with E-state index in [1.54, 1.807) is 0 Å². The third-order valence-electron chi connectivity index (χ3n) is 5.66. The quantitative estimate of drug-likeness (QED) is 0.853. The number of aromatic nitrogens is 2. The summed E-state index contributed by atoms with van der Waals surface area (Å²) in [6.45, 7) is 4.01. The molecule has 1 atom stereocenters. The fourth-order valence-electron chi connectivity index (χ4n) is 3.95. The number of likely N-dealkylation sites (N-methyl/N-ethyl adjacent to an activating group) is 1. The van der Waals surface area contributed by atoms with Crippen LogP contribution in [0.25, 0.3) is 0 Å². The lowest BCUT2D eigenvalue weighted by Gasteiger charge is -2.32. The van der Waals surface area contributed by atoms with E-state index in [-0.39, 0.29) is 5.92 Å². The summed E-state index contributed by atoms with van der Waals surface area (Å²) in [7, 11) is 2.19. The van der Waals surface area contributed by atoms with E-state index < -0.39 is 0 Å². The molecule has 2 fully saturated rings. The van der Waals surface area contributed by atoms with E-state index in [1.807, 2.05) is 0 Å². The van der Waals surface area contributed by atoms with E-state index in [0.29, 0.717) is 0 Å². The molecule has 0 spiro atoms. The molecule has 1 unspecified atom stereocenters.